The first-order valence-electron chi connectivity index (χ1n) is 5.32. The van der Waals surface area contributed by atoms with Crippen LogP contribution in [-0.4, -0.2) is 17.1 Å². The molecule has 0 bridgehead atoms. The monoisotopic (exact) mass is 257 g/mol. The Morgan fingerprint density at radius 2 is 2.00 bits per heavy atom. The summed E-state index contributed by atoms with van der Waals surface area (Å²) in [5.41, 5.74) is 2.94. The molecule has 1 heterocycles. The molecule has 0 aliphatic rings. The maximum atomic E-state index is 8.72. The number of anilines is 1. The van der Waals surface area contributed by atoms with Gasteiger partial charge in [-0.1, -0.05) is 0 Å². The van der Waals surface area contributed by atoms with Crippen LogP contribution in [0.5, 0.6) is 17.4 Å². The molecule has 96 valence electrons. The van der Waals surface area contributed by atoms with Gasteiger partial charge in [0.2, 0.25) is 5.75 Å². The Hall–Kier alpha value is -2.85. The number of aromatic nitrogens is 2. The molecule has 3 N–H and O–H groups in total. The fourth-order valence-electron chi connectivity index (χ4n) is 1.43. The average Bonchev–Trinajstić information content (AvgIpc) is 2.47. The fourth-order valence-corrected chi connectivity index (χ4v) is 1.43. The summed E-state index contributed by atoms with van der Waals surface area (Å²) in [5, 5.41) is 8.72. The molecule has 1 aromatic carbocycles. The first kappa shape index (κ1) is 12.6. The molecule has 0 saturated heterocycles. The topological polar surface area (TPSA) is 106 Å². The van der Waals surface area contributed by atoms with E-state index in [0.717, 1.165) is 0 Å². The van der Waals surface area contributed by atoms with Crippen molar-refractivity contribution >= 4 is 5.82 Å². The lowest BCUT2D eigenvalue weighted by molar-refractivity contribution is 0.369. The first-order valence-corrected chi connectivity index (χ1v) is 5.32. The van der Waals surface area contributed by atoms with Crippen molar-refractivity contribution in [3.63, 3.8) is 0 Å². The number of nitriles is 1. The highest BCUT2D eigenvalue weighted by molar-refractivity contribution is 5.55. The molecule has 19 heavy (non-hydrogen) atoms. The lowest BCUT2D eigenvalue weighted by atomic mass is 10.2. The number of nitrogens with two attached hydrogens (primary N) is 1. The van der Waals surface area contributed by atoms with Gasteiger partial charge in [0.25, 0.3) is 5.88 Å². The van der Waals surface area contributed by atoms with Crippen LogP contribution in [0.4, 0.5) is 5.82 Å². The number of hydrazine groups is 1. The van der Waals surface area contributed by atoms with Crippen LogP contribution in [-0.2, 0) is 0 Å². The Labute approximate surface area is 109 Å². The maximum Gasteiger partial charge on any atom is 0.268 e. The second-order valence-corrected chi connectivity index (χ2v) is 3.44. The zero-order valence-corrected chi connectivity index (χ0v) is 10.1. The average molecular weight is 257 g/mol. The predicted molar refractivity (Wildman–Crippen MR) is 67.6 cm³/mol. The van der Waals surface area contributed by atoms with Gasteiger partial charge in [0, 0.05) is 0 Å². The molecule has 1 aromatic heterocycles. The van der Waals surface area contributed by atoms with E-state index in [2.05, 4.69) is 15.4 Å². The third kappa shape index (κ3) is 2.70. The van der Waals surface area contributed by atoms with E-state index in [1.807, 2.05) is 6.07 Å². The number of rotatable bonds is 4. The van der Waals surface area contributed by atoms with Crippen molar-refractivity contribution in [3.05, 3.63) is 36.2 Å². The number of ether oxygens (including phenoxy) is 2. The number of methoxy groups -OCH3 is 1. The normalized spacial score (nSPS) is 9.53. The molecule has 0 spiro atoms. The highest BCUT2D eigenvalue weighted by atomic mass is 16.5. The molecule has 0 aliphatic carbocycles. The summed E-state index contributed by atoms with van der Waals surface area (Å²) in [6.07, 6.45) is 1.30. The van der Waals surface area contributed by atoms with E-state index in [4.69, 9.17) is 20.6 Å². The highest BCUT2D eigenvalue weighted by Gasteiger charge is 2.13. The summed E-state index contributed by atoms with van der Waals surface area (Å²) in [5.74, 6) is 6.69. The van der Waals surface area contributed by atoms with Crippen LogP contribution in [0.3, 0.4) is 0 Å². The Bertz CT molecular complexity index is 607. The van der Waals surface area contributed by atoms with Gasteiger partial charge in [0.15, 0.2) is 5.82 Å². The molecule has 0 radical (unpaired) electrons. The van der Waals surface area contributed by atoms with Crippen LogP contribution < -0.4 is 20.7 Å². The third-order valence-electron chi connectivity index (χ3n) is 2.31. The lowest BCUT2D eigenvalue weighted by Crippen LogP contribution is -2.10. The molecule has 0 fully saturated rings. The van der Waals surface area contributed by atoms with Crippen LogP contribution in [0.15, 0.2) is 30.6 Å². The zero-order valence-electron chi connectivity index (χ0n) is 10.1. The van der Waals surface area contributed by atoms with Crippen LogP contribution in [0, 0.1) is 11.3 Å². The summed E-state index contributed by atoms with van der Waals surface area (Å²) in [7, 11) is 1.46. The SMILES string of the molecule is COc1c(NN)ncnc1Oc1ccc(C#N)cc1. The van der Waals surface area contributed by atoms with E-state index >= 15 is 0 Å². The lowest BCUT2D eigenvalue weighted by Gasteiger charge is -2.11. The summed E-state index contributed by atoms with van der Waals surface area (Å²) in [6.45, 7) is 0. The van der Waals surface area contributed by atoms with Gasteiger partial charge in [-0.3, -0.25) is 0 Å². The third-order valence-corrected chi connectivity index (χ3v) is 2.31. The summed E-state index contributed by atoms with van der Waals surface area (Å²) >= 11 is 0. The second-order valence-electron chi connectivity index (χ2n) is 3.44. The van der Waals surface area contributed by atoms with E-state index in [1.165, 1.54) is 13.4 Å². The van der Waals surface area contributed by atoms with Gasteiger partial charge in [-0.15, -0.1) is 0 Å². The minimum atomic E-state index is 0.232. The van der Waals surface area contributed by atoms with E-state index < -0.39 is 0 Å². The fraction of sp³-hybridized carbons (Fsp3) is 0.0833. The van der Waals surface area contributed by atoms with Crippen molar-refractivity contribution in [1.82, 2.24) is 9.97 Å². The molecule has 0 aliphatic heterocycles. The van der Waals surface area contributed by atoms with E-state index in [1.54, 1.807) is 24.3 Å². The summed E-state index contributed by atoms with van der Waals surface area (Å²) < 4.78 is 10.7. The van der Waals surface area contributed by atoms with Crippen LogP contribution >= 0.6 is 0 Å². The van der Waals surface area contributed by atoms with Gasteiger partial charge in [-0.25, -0.2) is 10.8 Å². The van der Waals surface area contributed by atoms with Gasteiger partial charge < -0.3 is 14.9 Å². The van der Waals surface area contributed by atoms with Crippen molar-refractivity contribution in [2.75, 3.05) is 12.5 Å². The van der Waals surface area contributed by atoms with Crippen molar-refractivity contribution in [1.29, 1.82) is 5.26 Å². The zero-order chi connectivity index (χ0) is 13.7. The number of benzene rings is 1. The Kier molecular flexibility index (Phi) is 3.75. The van der Waals surface area contributed by atoms with Crippen molar-refractivity contribution in [2.45, 2.75) is 0 Å². The maximum absolute atomic E-state index is 8.72. The largest absolute Gasteiger partial charge is 0.489 e. The first-order chi connectivity index (χ1) is 9.28. The number of nitrogen functional groups attached to an aromatic ring is 1. The number of hydrogen-bond donors (Lipinski definition) is 2. The van der Waals surface area contributed by atoms with E-state index in [-0.39, 0.29) is 5.88 Å². The van der Waals surface area contributed by atoms with Gasteiger partial charge >= 0.3 is 0 Å². The summed E-state index contributed by atoms with van der Waals surface area (Å²) in [6, 6.07) is 8.64. The molecule has 7 heteroatoms. The molecule has 2 aromatic rings. The predicted octanol–water partition coefficient (Wildman–Crippen LogP) is 1.43. The summed E-state index contributed by atoms with van der Waals surface area (Å²) in [4.78, 5) is 7.88. The standard InChI is InChI=1S/C12H11N5O2/c1-18-10-11(17-14)15-7-16-12(10)19-9-4-2-8(6-13)3-5-9/h2-5,7H,14H2,1H3,(H,15,16,17). The molecule has 0 saturated carbocycles. The molecule has 0 unspecified atom stereocenters. The quantitative estimate of drug-likeness (QED) is 0.630. The van der Waals surface area contributed by atoms with Crippen LogP contribution in [0.2, 0.25) is 0 Å². The Morgan fingerprint density at radius 3 is 2.58 bits per heavy atom. The second kappa shape index (κ2) is 5.66. The smallest absolute Gasteiger partial charge is 0.268 e. The highest BCUT2D eigenvalue weighted by Crippen LogP contribution is 2.33. The van der Waals surface area contributed by atoms with Gasteiger partial charge in [0.1, 0.15) is 12.1 Å². The van der Waals surface area contributed by atoms with Gasteiger partial charge in [-0.2, -0.15) is 10.2 Å². The van der Waals surface area contributed by atoms with Gasteiger partial charge in [-0.05, 0) is 24.3 Å². The molecule has 7 nitrogen and oxygen atoms in total. The molecular formula is C12H11N5O2. The van der Waals surface area contributed by atoms with Crippen LogP contribution in [0.25, 0.3) is 0 Å². The van der Waals surface area contributed by atoms with Crippen molar-refractivity contribution in [3.8, 4) is 23.4 Å². The Morgan fingerprint density at radius 1 is 1.26 bits per heavy atom. The molecule has 0 atom stereocenters. The Balaban J connectivity index is 2.30. The van der Waals surface area contributed by atoms with E-state index in [0.29, 0.717) is 22.9 Å². The number of hydrogen-bond acceptors (Lipinski definition) is 7. The molecule has 0 amide bonds. The number of nitrogens with one attached hydrogen (secondary N) is 1. The van der Waals surface area contributed by atoms with E-state index in [9.17, 15) is 0 Å². The van der Waals surface area contributed by atoms with Crippen LogP contribution in [0.1, 0.15) is 5.56 Å². The number of nitrogens with zero attached hydrogens (tertiary/aromatic N) is 3. The van der Waals surface area contributed by atoms with Crippen molar-refractivity contribution < 1.29 is 9.47 Å². The van der Waals surface area contributed by atoms with Gasteiger partial charge in [0.05, 0.1) is 18.7 Å². The minimum Gasteiger partial charge on any atom is -0.489 e. The van der Waals surface area contributed by atoms with Crippen molar-refractivity contribution in [2.24, 2.45) is 5.84 Å². The molecular weight excluding hydrogens is 246 g/mol. The molecule has 2 rings (SSSR count). The minimum absolute atomic E-state index is 0.232.